The van der Waals surface area contributed by atoms with E-state index in [9.17, 15) is 0 Å². The van der Waals surface area contributed by atoms with Gasteiger partial charge in [-0.25, -0.2) is 0 Å². The molecule has 0 saturated carbocycles. The van der Waals surface area contributed by atoms with Crippen molar-refractivity contribution in [2.45, 2.75) is 32.2 Å². The monoisotopic (exact) mass is 208 g/mol. The summed E-state index contributed by atoms with van der Waals surface area (Å²) in [5, 5.41) is 14.2. The first kappa shape index (κ1) is 11.2. The minimum atomic E-state index is -0.119. The van der Waals surface area contributed by atoms with Gasteiger partial charge >= 0.3 is 0 Å². The molecule has 0 radical (unpaired) electrons. The van der Waals surface area contributed by atoms with Gasteiger partial charge in [-0.2, -0.15) is 5.26 Å². The smallest absolute Gasteiger partial charge is 0.130 e. The molecule has 1 N–H and O–H groups in total. The Bertz CT molecular complexity index is 274. The van der Waals surface area contributed by atoms with Gasteiger partial charge in [0.1, 0.15) is 6.04 Å². The Morgan fingerprint density at radius 3 is 3.00 bits per heavy atom. The lowest BCUT2D eigenvalue weighted by Crippen LogP contribution is -2.20. The van der Waals surface area contributed by atoms with Crippen LogP contribution in [-0.2, 0) is 0 Å². The van der Waals surface area contributed by atoms with Gasteiger partial charge in [0.15, 0.2) is 0 Å². The molecule has 0 amide bonds. The van der Waals surface area contributed by atoms with E-state index >= 15 is 0 Å². The molecule has 0 aliphatic carbocycles. The average molecular weight is 208 g/mol. The Labute approximate surface area is 89.6 Å². The highest BCUT2D eigenvalue weighted by atomic mass is 32.1. The highest BCUT2D eigenvalue weighted by molar-refractivity contribution is 7.10. The number of thiophene rings is 1. The molecule has 0 aliphatic heterocycles. The Balaban J connectivity index is 2.31. The van der Waals surface area contributed by atoms with Gasteiger partial charge in [0, 0.05) is 4.88 Å². The minimum Gasteiger partial charge on any atom is -0.298 e. The second kappa shape index (κ2) is 6.58. The third kappa shape index (κ3) is 3.49. The zero-order valence-electron chi connectivity index (χ0n) is 8.49. The van der Waals surface area contributed by atoms with Gasteiger partial charge in [0.2, 0.25) is 0 Å². The van der Waals surface area contributed by atoms with Gasteiger partial charge < -0.3 is 0 Å². The largest absolute Gasteiger partial charge is 0.298 e. The van der Waals surface area contributed by atoms with Crippen molar-refractivity contribution in [3.8, 4) is 6.07 Å². The number of unbranched alkanes of at least 4 members (excludes halogenated alkanes) is 2. The van der Waals surface area contributed by atoms with Gasteiger partial charge in [-0.15, -0.1) is 11.3 Å². The molecule has 76 valence electrons. The Hall–Kier alpha value is -0.850. The van der Waals surface area contributed by atoms with Crippen LogP contribution in [0, 0.1) is 11.3 Å². The first-order valence-electron chi connectivity index (χ1n) is 5.05. The molecule has 0 bridgehead atoms. The van der Waals surface area contributed by atoms with Gasteiger partial charge in [0.25, 0.3) is 0 Å². The van der Waals surface area contributed by atoms with E-state index in [0.717, 1.165) is 17.8 Å². The van der Waals surface area contributed by atoms with Crippen LogP contribution in [0.5, 0.6) is 0 Å². The summed E-state index contributed by atoms with van der Waals surface area (Å²) in [6.07, 6.45) is 3.60. The summed E-state index contributed by atoms with van der Waals surface area (Å²) in [5.74, 6) is 0. The minimum absolute atomic E-state index is 0.119. The number of hydrogen-bond acceptors (Lipinski definition) is 3. The molecule has 14 heavy (non-hydrogen) atoms. The van der Waals surface area contributed by atoms with Gasteiger partial charge in [-0.3, -0.25) is 5.32 Å². The predicted octanol–water partition coefficient (Wildman–Crippen LogP) is 3.09. The third-order valence-corrected chi connectivity index (χ3v) is 3.02. The van der Waals surface area contributed by atoms with Crippen molar-refractivity contribution in [3.63, 3.8) is 0 Å². The molecule has 1 unspecified atom stereocenters. The van der Waals surface area contributed by atoms with Crippen LogP contribution in [0.25, 0.3) is 0 Å². The fraction of sp³-hybridized carbons (Fsp3) is 0.545. The Morgan fingerprint density at radius 2 is 2.43 bits per heavy atom. The van der Waals surface area contributed by atoms with Crippen molar-refractivity contribution in [1.29, 1.82) is 5.26 Å². The average Bonchev–Trinajstić information content (AvgIpc) is 2.71. The van der Waals surface area contributed by atoms with E-state index in [4.69, 9.17) is 5.26 Å². The fourth-order valence-corrected chi connectivity index (χ4v) is 2.03. The summed E-state index contributed by atoms with van der Waals surface area (Å²) in [5.41, 5.74) is 0. The zero-order chi connectivity index (χ0) is 10.2. The molecule has 1 aromatic rings. The number of nitriles is 1. The summed E-state index contributed by atoms with van der Waals surface area (Å²) in [7, 11) is 0. The van der Waals surface area contributed by atoms with Crippen molar-refractivity contribution < 1.29 is 0 Å². The van der Waals surface area contributed by atoms with Gasteiger partial charge in [0.05, 0.1) is 6.07 Å². The lowest BCUT2D eigenvalue weighted by atomic mass is 10.2. The lowest BCUT2D eigenvalue weighted by molar-refractivity contribution is 0.586. The van der Waals surface area contributed by atoms with Crippen molar-refractivity contribution in [2.24, 2.45) is 0 Å². The maximum atomic E-state index is 8.95. The summed E-state index contributed by atoms with van der Waals surface area (Å²) in [6, 6.07) is 6.15. The van der Waals surface area contributed by atoms with Crippen LogP contribution >= 0.6 is 11.3 Å². The highest BCUT2D eigenvalue weighted by Gasteiger charge is 2.09. The van der Waals surface area contributed by atoms with Crippen LogP contribution in [0.15, 0.2) is 17.5 Å². The van der Waals surface area contributed by atoms with Crippen molar-refractivity contribution in [3.05, 3.63) is 22.4 Å². The normalized spacial score (nSPS) is 12.3. The maximum Gasteiger partial charge on any atom is 0.130 e. The van der Waals surface area contributed by atoms with Crippen molar-refractivity contribution in [1.82, 2.24) is 5.32 Å². The standard InChI is InChI=1S/C11H16N2S/c1-2-3-4-7-13-10(9-12)11-6-5-8-14-11/h5-6,8,10,13H,2-4,7H2,1H3. The van der Waals surface area contributed by atoms with E-state index in [1.165, 1.54) is 12.8 Å². The topological polar surface area (TPSA) is 35.8 Å². The van der Waals surface area contributed by atoms with Crippen LogP contribution in [0.3, 0.4) is 0 Å². The Kier molecular flexibility index (Phi) is 5.28. The first-order chi connectivity index (χ1) is 6.88. The molecule has 2 nitrogen and oxygen atoms in total. The van der Waals surface area contributed by atoms with E-state index in [2.05, 4.69) is 18.3 Å². The van der Waals surface area contributed by atoms with Crippen LogP contribution in [0.4, 0.5) is 0 Å². The van der Waals surface area contributed by atoms with Crippen molar-refractivity contribution >= 4 is 11.3 Å². The molecule has 0 spiro atoms. The molecular weight excluding hydrogens is 192 g/mol. The third-order valence-electron chi connectivity index (χ3n) is 2.09. The molecule has 1 rings (SSSR count). The van der Waals surface area contributed by atoms with Crippen LogP contribution in [-0.4, -0.2) is 6.54 Å². The SMILES string of the molecule is CCCCCNC(C#N)c1cccs1. The first-order valence-corrected chi connectivity index (χ1v) is 5.93. The summed E-state index contributed by atoms with van der Waals surface area (Å²) in [4.78, 5) is 1.11. The zero-order valence-corrected chi connectivity index (χ0v) is 9.31. The van der Waals surface area contributed by atoms with E-state index < -0.39 is 0 Å². The van der Waals surface area contributed by atoms with E-state index in [0.29, 0.717) is 0 Å². The summed E-state index contributed by atoms with van der Waals surface area (Å²) >= 11 is 1.63. The molecule has 1 atom stereocenters. The molecule has 0 aliphatic rings. The number of hydrogen-bond donors (Lipinski definition) is 1. The molecule has 1 heterocycles. The number of nitrogens with one attached hydrogen (secondary N) is 1. The number of nitrogens with zero attached hydrogens (tertiary/aromatic N) is 1. The molecule has 0 fully saturated rings. The van der Waals surface area contributed by atoms with E-state index in [1.807, 2.05) is 17.5 Å². The highest BCUT2D eigenvalue weighted by Crippen LogP contribution is 2.17. The molecule has 0 saturated heterocycles. The number of rotatable bonds is 6. The quantitative estimate of drug-likeness (QED) is 0.729. The van der Waals surface area contributed by atoms with Gasteiger partial charge in [-0.05, 0) is 24.4 Å². The lowest BCUT2D eigenvalue weighted by Gasteiger charge is -2.08. The predicted molar refractivity (Wildman–Crippen MR) is 60.2 cm³/mol. The van der Waals surface area contributed by atoms with E-state index in [-0.39, 0.29) is 6.04 Å². The Morgan fingerprint density at radius 1 is 1.57 bits per heavy atom. The molecular formula is C11H16N2S. The van der Waals surface area contributed by atoms with Crippen LogP contribution in [0.2, 0.25) is 0 Å². The van der Waals surface area contributed by atoms with Crippen molar-refractivity contribution in [2.75, 3.05) is 6.54 Å². The summed E-state index contributed by atoms with van der Waals surface area (Å²) < 4.78 is 0. The maximum absolute atomic E-state index is 8.95. The molecule has 1 aromatic heterocycles. The van der Waals surface area contributed by atoms with E-state index in [1.54, 1.807) is 11.3 Å². The van der Waals surface area contributed by atoms with Gasteiger partial charge in [-0.1, -0.05) is 25.8 Å². The molecule has 0 aromatic carbocycles. The molecule has 3 heteroatoms. The second-order valence-corrected chi connectivity index (χ2v) is 4.22. The summed E-state index contributed by atoms with van der Waals surface area (Å²) in [6.45, 7) is 3.12. The van der Waals surface area contributed by atoms with Crippen LogP contribution < -0.4 is 5.32 Å². The van der Waals surface area contributed by atoms with Crippen LogP contribution in [0.1, 0.15) is 37.1 Å². The fourth-order valence-electron chi connectivity index (χ4n) is 1.29. The second-order valence-electron chi connectivity index (χ2n) is 3.24.